The summed E-state index contributed by atoms with van der Waals surface area (Å²) in [6, 6.07) is 15.9. The summed E-state index contributed by atoms with van der Waals surface area (Å²) in [7, 11) is 4.27. The van der Waals surface area contributed by atoms with E-state index in [0.29, 0.717) is 12.0 Å². The summed E-state index contributed by atoms with van der Waals surface area (Å²) in [5.74, 6) is 4.22. The average Bonchev–Trinajstić information content (AvgIpc) is 3.10. The van der Waals surface area contributed by atoms with Gasteiger partial charge in [0.05, 0.1) is 0 Å². The normalized spacial score (nSPS) is 30.8. The Kier molecular flexibility index (Phi) is 3.85. The Morgan fingerprint density at radius 2 is 1.48 bits per heavy atom. The van der Waals surface area contributed by atoms with Crippen LogP contribution in [-0.4, -0.2) is 31.0 Å². The quantitative estimate of drug-likeness (QED) is 0.474. The molecule has 4 saturated carbocycles. The molecule has 0 heterocycles. The number of guanidine groups is 1. The standard InChI is InChI=1S/C26H31N3/c1-28(24-9-5-8-22-21-7-4-3-6-18(21)15-23(22)24)26(27)29(2)25-19-11-16-10-17(13-19)14-20(25)12-16/h3-9,16-17,19-20,25,27H,10-15H2,1-2H3. The molecule has 0 aliphatic heterocycles. The number of anilines is 1. The Morgan fingerprint density at radius 3 is 2.21 bits per heavy atom. The lowest BCUT2D eigenvalue weighted by Gasteiger charge is -2.57. The zero-order chi connectivity index (χ0) is 19.7. The maximum absolute atomic E-state index is 9.09. The van der Waals surface area contributed by atoms with Gasteiger partial charge in [-0.15, -0.1) is 0 Å². The lowest BCUT2D eigenvalue weighted by molar-refractivity contribution is -0.0392. The number of hydrogen-bond donors (Lipinski definition) is 1. The molecule has 1 N–H and O–H groups in total. The molecule has 0 unspecified atom stereocenters. The van der Waals surface area contributed by atoms with Gasteiger partial charge in [0.25, 0.3) is 0 Å². The third-order valence-corrected chi connectivity index (χ3v) is 8.46. The van der Waals surface area contributed by atoms with E-state index < -0.39 is 0 Å². The van der Waals surface area contributed by atoms with Gasteiger partial charge in [0, 0.05) is 32.2 Å². The van der Waals surface area contributed by atoms with Crippen molar-refractivity contribution in [1.29, 1.82) is 5.41 Å². The Bertz CT molecular complexity index is 950. The average molecular weight is 386 g/mol. The summed E-state index contributed by atoms with van der Waals surface area (Å²) in [6.07, 6.45) is 8.05. The van der Waals surface area contributed by atoms with Crippen LogP contribution in [0.5, 0.6) is 0 Å². The number of nitrogens with one attached hydrogen (secondary N) is 1. The van der Waals surface area contributed by atoms with Gasteiger partial charge in [0.15, 0.2) is 5.96 Å². The molecule has 5 aliphatic carbocycles. The molecule has 0 radical (unpaired) electrons. The van der Waals surface area contributed by atoms with Crippen LogP contribution in [0.1, 0.15) is 43.2 Å². The van der Waals surface area contributed by atoms with Crippen molar-refractivity contribution < 1.29 is 0 Å². The van der Waals surface area contributed by atoms with E-state index in [1.54, 1.807) is 0 Å². The molecule has 0 aromatic heterocycles. The van der Waals surface area contributed by atoms with Gasteiger partial charge in [-0.25, -0.2) is 0 Å². The Hall–Kier alpha value is -2.29. The molecule has 0 spiro atoms. The largest absolute Gasteiger partial charge is 0.342 e. The van der Waals surface area contributed by atoms with Gasteiger partial charge in [-0.3, -0.25) is 5.41 Å². The second kappa shape index (κ2) is 6.35. The van der Waals surface area contributed by atoms with Crippen molar-refractivity contribution in [1.82, 2.24) is 4.90 Å². The molecule has 3 heteroatoms. The van der Waals surface area contributed by atoms with Crippen LogP contribution >= 0.6 is 0 Å². The molecular formula is C26H31N3. The van der Waals surface area contributed by atoms with E-state index in [2.05, 4.69) is 66.4 Å². The summed E-state index contributed by atoms with van der Waals surface area (Å²) in [5, 5.41) is 9.09. The van der Waals surface area contributed by atoms with Crippen molar-refractivity contribution in [2.45, 2.75) is 44.6 Å². The van der Waals surface area contributed by atoms with E-state index in [4.69, 9.17) is 5.41 Å². The SMILES string of the molecule is CN(C(=N)N(C)C1C2CC3CC(C2)CC1C3)c1cccc2c1Cc1ccccc1-2. The fraction of sp³-hybridized carbons (Fsp3) is 0.500. The van der Waals surface area contributed by atoms with E-state index >= 15 is 0 Å². The maximum Gasteiger partial charge on any atom is 0.198 e. The molecule has 5 aliphatic rings. The van der Waals surface area contributed by atoms with Crippen molar-refractivity contribution in [2.24, 2.45) is 23.7 Å². The van der Waals surface area contributed by atoms with E-state index in [0.717, 1.165) is 30.1 Å². The van der Waals surface area contributed by atoms with Crippen molar-refractivity contribution in [3.05, 3.63) is 53.6 Å². The molecule has 0 atom stereocenters. The third kappa shape index (κ3) is 2.59. The van der Waals surface area contributed by atoms with E-state index in [1.807, 2.05) is 0 Å². The molecule has 150 valence electrons. The van der Waals surface area contributed by atoms with Crippen LogP contribution in [0.15, 0.2) is 42.5 Å². The Morgan fingerprint density at radius 1 is 0.828 bits per heavy atom. The first-order valence-corrected chi connectivity index (χ1v) is 11.4. The van der Waals surface area contributed by atoms with Gasteiger partial charge < -0.3 is 9.80 Å². The predicted octanol–water partition coefficient (Wildman–Crippen LogP) is 5.39. The second-order valence-corrected chi connectivity index (χ2v) is 10.1. The summed E-state index contributed by atoms with van der Waals surface area (Å²) in [5.41, 5.74) is 6.68. The van der Waals surface area contributed by atoms with Gasteiger partial charge in [-0.1, -0.05) is 36.4 Å². The number of hydrogen-bond acceptors (Lipinski definition) is 1. The highest BCUT2D eigenvalue weighted by molar-refractivity contribution is 5.96. The van der Waals surface area contributed by atoms with Crippen LogP contribution in [0.4, 0.5) is 5.69 Å². The molecule has 2 aromatic carbocycles. The van der Waals surface area contributed by atoms with Gasteiger partial charge >= 0.3 is 0 Å². The Balaban J connectivity index is 1.28. The predicted molar refractivity (Wildman–Crippen MR) is 119 cm³/mol. The second-order valence-electron chi connectivity index (χ2n) is 10.1. The molecule has 3 nitrogen and oxygen atoms in total. The fourth-order valence-corrected chi connectivity index (χ4v) is 7.48. The first-order valence-electron chi connectivity index (χ1n) is 11.4. The van der Waals surface area contributed by atoms with Gasteiger partial charge in [0.2, 0.25) is 0 Å². The van der Waals surface area contributed by atoms with Crippen LogP contribution < -0.4 is 4.90 Å². The molecule has 29 heavy (non-hydrogen) atoms. The van der Waals surface area contributed by atoms with Gasteiger partial charge in [0.1, 0.15) is 0 Å². The summed E-state index contributed by atoms with van der Waals surface area (Å²) in [4.78, 5) is 4.46. The fourth-order valence-electron chi connectivity index (χ4n) is 7.48. The molecule has 2 aromatic rings. The first kappa shape index (κ1) is 17.6. The highest BCUT2D eigenvalue weighted by Crippen LogP contribution is 2.55. The van der Waals surface area contributed by atoms with Crippen LogP contribution in [-0.2, 0) is 6.42 Å². The lowest BCUT2D eigenvalue weighted by atomic mass is 9.54. The van der Waals surface area contributed by atoms with Crippen molar-refractivity contribution in [2.75, 3.05) is 19.0 Å². The smallest absolute Gasteiger partial charge is 0.198 e. The van der Waals surface area contributed by atoms with Crippen molar-refractivity contribution in [3.8, 4) is 11.1 Å². The molecule has 0 saturated heterocycles. The highest BCUT2D eigenvalue weighted by atomic mass is 15.4. The minimum Gasteiger partial charge on any atom is -0.342 e. The minimum absolute atomic E-state index is 0.562. The molecule has 4 fully saturated rings. The van der Waals surface area contributed by atoms with Crippen LogP contribution in [0.2, 0.25) is 0 Å². The lowest BCUT2D eigenvalue weighted by Crippen LogP contribution is -2.58. The number of rotatable bonds is 2. The highest BCUT2D eigenvalue weighted by Gasteiger charge is 2.50. The monoisotopic (exact) mass is 385 g/mol. The zero-order valence-electron chi connectivity index (χ0n) is 17.6. The van der Waals surface area contributed by atoms with Gasteiger partial charge in [-0.05, 0) is 84.1 Å². The zero-order valence-corrected chi connectivity index (χ0v) is 17.6. The number of benzene rings is 2. The van der Waals surface area contributed by atoms with Crippen molar-refractivity contribution >= 4 is 11.6 Å². The number of fused-ring (bicyclic) bond motifs is 3. The molecule has 4 bridgehead atoms. The van der Waals surface area contributed by atoms with E-state index in [9.17, 15) is 0 Å². The third-order valence-electron chi connectivity index (χ3n) is 8.46. The summed E-state index contributed by atoms with van der Waals surface area (Å²) in [6.45, 7) is 0. The maximum atomic E-state index is 9.09. The summed E-state index contributed by atoms with van der Waals surface area (Å²) >= 11 is 0. The minimum atomic E-state index is 0.562. The van der Waals surface area contributed by atoms with Crippen LogP contribution in [0.3, 0.4) is 0 Å². The van der Waals surface area contributed by atoms with Crippen LogP contribution in [0.25, 0.3) is 11.1 Å². The van der Waals surface area contributed by atoms with Crippen LogP contribution in [0, 0.1) is 29.1 Å². The summed E-state index contributed by atoms with van der Waals surface area (Å²) < 4.78 is 0. The topological polar surface area (TPSA) is 30.3 Å². The van der Waals surface area contributed by atoms with E-state index in [1.165, 1.54) is 60.0 Å². The Labute approximate surface area is 174 Å². The molecule has 7 rings (SSSR count). The van der Waals surface area contributed by atoms with Crippen molar-refractivity contribution in [3.63, 3.8) is 0 Å². The van der Waals surface area contributed by atoms with E-state index in [-0.39, 0.29) is 0 Å². The number of nitrogens with zero attached hydrogens (tertiary/aromatic N) is 2. The molecular weight excluding hydrogens is 354 g/mol. The first-order chi connectivity index (χ1) is 14.1. The molecule has 0 amide bonds. The van der Waals surface area contributed by atoms with Gasteiger partial charge in [-0.2, -0.15) is 0 Å².